The predicted molar refractivity (Wildman–Crippen MR) is 73.1 cm³/mol. The number of nitrogens with two attached hydrogens (primary N) is 1. The quantitative estimate of drug-likeness (QED) is 0.892. The van der Waals surface area contributed by atoms with Gasteiger partial charge in [-0.05, 0) is 42.5 Å². The lowest BCUT2D eigenvalue weighted by molar-refractivity contribution is 0.297. The van der Waals surface area contributed by atoms with E-state index >= 15 is 0 Å². The number of rotatable bonds is 4. The highest BCUT2D eigenvalue weighted by Crippen LogP contribution is 2.31. The average Bonchev–Trinajstić information content (AvgIpc) is 2.60. The SMILES string of the molecule is CC(C)C(CN)Cc1ccc2c(c1)OCCCO2. The van der Waals surface area contributed by atoms with Crippen molar-refractivity contribution in [1.29, 1.82) is 0 Å². The summed E-state index contributed by atoms with van der Waals surface area (Å²) >= 11 is 0. The van der Waals surface area contributed by atoms with E-state index in [9.17, 15) is 0 Å². The standard InChI is InChI=1S/C15H23NO2/c1-11(2)13(10-16)8-12-4-5-14-15(9-12)18-7-3-6-17-14/h4-5,9,11,13H,3,6-8,10,16H2,1-2H3. The summed E-state index contributed by atoms with van der Waals surface area (Å²) in [6, 6.07) is 6.24. The van der Waals surface area contributed by atoms with Crippen LogP contribution in [-0.4, -0.2) is 19.8 Å². The highest BCUT2D eigenvalue weighted by atomic mass is 16.5. The first-order valence-electron chi connectivity index (χ1n) is 6.79. The molecule has 1 aliphatic rings. The van der Waals surface area contributed by atoms with Crippen LogP contribution in [0.1, 0.15) is 25.8 Å². The fraction of sp³-hybridized carbons (Fsp3) is 0.600. The van der Waals surface area contributed by atoms with E-state index in [4.69, 9.17) is 15.2 Å². The summed E-state index contributed by atoms with van der Waals surface area (Å²) in [6.07, 6.45) is 1.95. The second kappa shape index (κ2) is 6.10. The molecule has 0 aliphatic carbocycles. The second-order valence-corrected chi connectivity index (χ2v) is 5.28. The average molecular weight is 249 g/mol. The summed E-state index contributed by atoms with van der Waals surface area (Å²) in [6.45, 7) is 6.65. The van der Waals surface area contributed by atoms with E-state index in [0.29, 0.717) is 11.8 Å². The van der Waals surface area contributed by atoms with Gasteiger partial charge in [-0.25, -0.2) is 0 Å². The Kier molecular flexibility index (Phi) is 4.48. The molecule has 0 bridgehead atoms. The van der Waals surface area contributed by atoms with Crippen molar-refractivity contribution in [3.63, 3.8) is 0 Å². The first kappa shape index (κ1) is 13.2. The molecule has 2 rings (SSSR count). The van der Waals surface area contributed by atoms with Gasteiger partial charge in [-0.15, -0.1) is 0 Å². The fourth-order valence-corrected chi connectivity index (χ4v) is 2.23. The summed E-state index contributed by atoms with van der Waals surface area (Å²) in [5, 5.41) is 0. The molecule has 100 valence electrons. The molecule has 1 atom stereocenters. The molecule has 0 spiro atoms. The molecule has 0 amide bonds. The fourth-order valence-electron chi connectivity index (χ4n) is 2.23. The van der Waals surface area contributed by atoms with Crippen molar-refractivity contribution in [3.05, 3.63) is 23.8 Å². The minimum absolute atomic E-state index is 0.523. The van der Waals surface area contributed by atoms with Crippen LogP contribution >= 0.6 is 0 Å². The van der Waals surface area contributed by atoms with Gasteiger partial charge in [0.2, 0.25) is 0 Å². The zero-order chi connectivity index (χ0) is 13.0. The van der Waals surface area contributed by atoms with Crippen molar-refractivity contribution in [2.24, 2.45) is 17.6 Å². The molecule has 3 nitrogen and oxygen atoms in total. The molecular weight excluding hydrogens is 226 g/mol. The minimum Gasteiger partial charge on any atom is -0.490 e. The van der Waals surface area contributed by atoms with Crippen LogP contribution in [0, 0.1) is 11.8 Å². The van der Waals surface area contributed by atoms with Crippen molar-refractivity contribution in [2.75, 3.05) is 19.8 Å². The minimum atomic E-state index is 0.523. The highest BCUT2D eigenvalue weighted by molar-refractivity contribution is 5.43. The van der Waals surface area contributed by atoms with Crippen LogP contribution in [-0.2, 0) is 6.42 Å². The molecule has 18 heavy (non-hydrogen) atoms. The second-order valence-electron chi connectivity index (χ2n) is 5.28. The van der Waals surface area contributed by atoms with Gasteiger partial charge in [0.1, 0.15) is 0 Å². The molecule has 2 N–H and O–H groups in total. The van der Waals surface area contributed by atoms with Gasteiger partial charge in [-0.2, -0.15) is 0 Å². The molecule has 0 aromatic heterocycles. The van der Waals surface area contributed by atoms with Crippen LogP contribution in [0.15, 0.2) is 18.2 Å². The van der Waals surface area contributed by atoms with Gasteiger partial charge in [0.25, 0.3) is 0 Å². The summed E-state index contributed by atoms with van der Waals surface area (Å²) in [5.41, 5.74) is 7.11. The Hall–Kier alpha value is -1.22. The van der Waals surface area contributed by atoms with Crippen LogP contribution in [0.25, 0.3) is 0 Å². The van der Waals surface area contributed by atoms with E-state index in [2.05, 4.69) is 26.0 Å². The molecule has 1 aliphatic heterocycles. The van der Waals surface area contributed by atoms with E-state index in [-0.39, 0.29) is 0 Å². The summed E-state index contributed by atoms with van der Waals surface area (Å²) < 4.78 is 11.3. The van der Waals surface area contributed by atoms with E-state index in [1.165, 1.54) is 5.56 Å². The van der Waals surface area contributed by atoms with E-state index < -0.39 is 0 Å². The van der Waals surface area contributed by atoms with Crippen LogP contribution in [0.4, 0.5) is 0 Å². The summed E-state index contributed by atoms with van der Waals surface area (Å²) in [5.74, 6) is 2.87. The van der Waals surface area contributed by atoms with Gasteiger partial charge >= 0.3 is 0 Å². The van der Waals surface area contributed by atoms with E-state index in [1.54, 1.807) is 0 Å². The van der Waals surface area contributed by atoms with Gasteiger partial charge in [-0.3, -0.25) is 0 Å². The maximum Gasteiger partial charge on any atom is 0.161 e. The molecule has 1 unspecified atom stereocenters. The third-order valence-corrected chi connectivity index (χ3v) is 3.56. The molecule has 0 radical (unpaired) electrons. The lowest BCUT2D eigenvalue weighted by atomic mass is 9.89. The van der Waals surface area contributed by atoms with Crippen LogP contribution < -0.4 is 15.2 Å². The van der Waals surface area contributed by atoms with Gasteiger partial charge in [0, 0.05) is 6.42 Å². The molecule has 1 heterocycles. The first-order chi connectivity index (χ1) is 8.70. The number of ether oxygens (including phenoxy) is 2. The van der Waals surface area contributed by atoms with Gasteiger partial charge in [0.15, 0.2) is 11.5 Å². The largest absolute Gasteiger partial charge is 0.490 e. The summed E-state index contributed by atoms with van der Waals surface area (Å²) in [4.78, 5) is 0. The number of hydrogen-bond acceptors (Lipinski definition) is 3. The highest BCUT2D eigenvalue weighted by Gasteiger charge is 2.15. The Morgan fingerprint density at radius 3 is 2.56 bits per heavy atom. The Morgan fingerprint density at radius 1 is 1.17 bits per heavy atom. The predicted octanol–water partition coefficient (Wildman–Crippen LogP) is 2.62. The maximum absolute atomic E-state index is 5.83. The van der Waals surface area contributed by atoms with Crippen molar-refractivity contribution in [1.82, 2.24) is 0 Å². The molecule has 1 aromatic carbocycles. The van der Waals surface area contributed by atoms with E-state index in [1.807, 2.05) is 6.07 Å². The lowest BCUT2D eigenvalue weighted by Crippen LogP contribution is -2.22. The zero-order valence-electron chi connectivity index (χ0n) is 11.3. The third kappa shape index (κ3) is 3.16. The molecular formula is C15H23NO2. The maximum atomic E-state index is 5.83. The molecule has 0 saturated carbocycles. The third-order valence-electron chi connectivity index (χ3n) is 3.56. The van der Waals surface area contributed by atoms with Crippen molar-refractivity contribution < 1.29 is 9.47 Å². The molecule has 0 fully saturated rings. The summed E-state index contributed by atoms with van der Waals surface area (Å²) in [7, 11) is 0. The zero-order valence-corrected chi connectivity index (χ0v) is 11.3. The normalized spacial score (nSPS) is 16.4. The van der Waals surface area contributed by atoms with Gasteiger partial charge < -0.3 is 15.2 Å². The van der Waals surface area contributed by atoms with E-state index in [0.717, 1.165) is 44.1 Å². The Morgan fingerprint density at radius 2 is 1.89 bits per heavy atom. The topological polar surface area (TPSA) is 44.5 Å². The van der Waals surface area contributed by atoms with Crippen molar-refractivity contribution in [2.45, 2.75) is 26.7 Å². The van der Waals surface area contributed by atoms with Crippen molar-refractivity contribution >= 4 is 0 Å². The van der Waals surface area contributed by atoms with Gasteiger partial charge in [0.05, 0.1) is 13.2 Å². The lowest BCUT2D eigenvalue weighted by Gasteiger charge is -2.19. The molecule has 3 heteroatoms. The monoisotopic (exact) mass is 249 g/mol. The molecule has 0 saturated heterocycles. The Bertz CT molecular complexity index is 390. The smallest absolute Gasteiger partial charge is 0.161 e. The number of benzene rings is 1. The first-order valence-corrected chi connectivity index (χ1v) is 6.79. The van der Waals surface area contributed by atoms with Crippen LogP contribution in [0.5, 0.6) is 11.5 Å². The molecule has 1 aromatic rings. The van der Waals surface area contributed by atoms with Crippen LogP contribution in [0.3, 0.4) is 0 Å². The Labute approximate surface area is 109 Å². The number of hydrogen-bond donors (Lipinski definition) is 1. The number of fused-ring (bicyclic) bond motifs is 1. The van der Waals surface area contributed by atoms with Crippen LogP contribution in [0.2, 0.25) is 0 Å². The van der Waals surface area contributed by atoms with Gasteiger partial charge in [-0.1, -0.05) is 19.9 Å². The Balaban J connectivity index is 2.12. The van der Waals surface area contributed by atoms with Crippen molar-refractivity contribution in [3.8, 4) is 11.5 Å².